The van der Waals surface area contributed by atoms with Crippen molar-refractivity contribution >= 4 is 11.7 Å². The molecule has 2 amide bonds. The number of hydrogen-bond donors (Lipinski definition) is 1. The first-order chi connectivity index (χ1) is 8.83. The molecular formula is C14H19N3O. The minimum Gasteiger partial charge on any atom is -0.324 e. The highest BCUT2D eigenvalue weighted by molar-refractivity contribution is 5.89. The van der Waals surface area contributed by atoms with Gasteiger partial charge in [0.2, 0.25) is 0 Å². The van der Waals surface area contributed by atoms with Crippen molar-refractivity contribution in [3.05, 3.63) is 24.5 Å². The molecule has 1 N–H and O–H groups in total. The largest absolute Gasteiger partial charge is 0.324 e. The summed E-state index contributed by atoms with van der Waals surface area (Å²) in [5, 5.41) is 2.90. The molecule has 4 nitrogen and oxygen atoms in total. The molecule has 1 saturated carbocycles. The fourth-order valence-electron chi connectivity index (χ4n) is 2.91. The quantitative estimate of drug-likeness (QED) is 0.870. The molecule has 2 heterocycles. The van der Waals surface area contributed by atoms with Gasteiger partial charge in [0.15, 0.2) is 0 Å². The molecule has 2 fully saturated rings. The van der Waals surface area contributed by atoms with Crippen LogP contribution in [0.3, 0.4) is 0 Å². The van der Waals surface area contributed by atoms with E-state index in [1.807, 2.05) is 17.0 Å². The molecular weight excluding hydrogens is 226 g/mol. The van der Waals surface area contributed by atoms with Gasteiger partial charge in [0.1, 0.15) is 0 Å². The lowest BCUT2D eigenvalue weighted by Crippen LogP contribution is -2.34. The van der Waals surface area contributed by atoms with Crippen LogP contribution in [0.1, 0.15) is 25.7 Å². The number of anilines is 1. The first-order valence-electron chi connectivity index (χ1n) is 6.79. The molecule has 0 spiro atoms. The Morgan fingerprint density at radius 3 is 2.89 bits per heavy atom. The number of carbonyl (C=O) groups is 1. The van der Waals surface area contributed by atoms with Gasteiger partial charge in [0.05, 0.1) is 11.9 Å². The Morgan fingerprint density at radius 2 is 2.22 bits per heavy atom. The first-order valence-corrected chi connectivity index (χ1v) is 6.79. The molecule has 4 heteroatoms. The molecule has 1 aliphatic carbocycles. The molecule has 1 atom stereocenters. The van der Waals surface area contributed by atoms with Crippen LogP contribution in [0.2, 0.25) is 0 Å². The number of carbonyl (C=O) groups excluding carboxylic acids is 1. The average Bonchev–Trinajstić information content (AvgIpc) is 2.77. The van der Waals surface area contributed by atoms with E-state index in [9.17, 15) is 4.79 Å². The van der Waals surface area contributed by atoms with E-state index in [1.54, 1.807) is 12.4 Å². The lowest BCUT2D eigenvalue weighted by Gasteiger charge is -2.31. The second kappa shape index (κ2) is 4.96. The summed E-state index contributed by atoms with van der Waals surface area (Å²) in [4.78, 5) is 18.0. The van der Waals surface area contributed by atoms with Crippen LogP contribution >= 0.6 is 0 Å². The van der Waals surface area contributed by atoms with Crippen LogP contribution in [0.5, 0.6) is 0 Å². The van der Waals surface area contributed by atoms with E-state index in [4.69, 9.17) is 0 Å². The molecule has 3 rings (SSSR count). The fraction of sp³-hybridized carbons (Fsp3) is 0.571. The molecule has 1 aliphatic heterocycles. The van der Waals surface area contributed by atoms with Gasteiger partial charge < -0.3 is 10.2 Å². The van der Waals surface area contributed by atoms with E-state index in [0.717, 1.165) is 30.6 Å². The second-order valence-corrected chi connectivity index (χ2v) is 5.36. The maximum absolute atomic E-state index is 12.1. The number of rotatable bonds is 2. The number of nitrogens with zero attached hydrogens (tertiary/aromatic N) is 2. The predicted molar refractivity (Wildman–Crippen MR) is 70.3 cm³/mol. The molecule has 0 bridgehead atoms. The van der Waals surface area contributed by atoms with Crippen molar-refractivity contribution in [1.82, 2.24) is 9.88 Å². The SMILES string of the molecule is O=C(Nc1cccnc1)N1CCC(C2CCC2)C1. The molecule has 18 heavy (non-hydrogen) atoms. The Bertz CT molecular complexity index is 416. The highest BCUT2D eigenvalue weighted by Gasteiger charge is 2.34. The molecule has 1 saturated heterocycles. The van der Waals surface area contributed by atoms with Gasteiger partial charge >= 0.3 is 6.03 Å². The zero-order chi connectivity index (χ0) is 12.4. The maximum atomic E-state index is 12.1. The van der Waals surface area contributed by atoms with E-state index in [2.05, 4.69) is 10.3 Å². The van der Waals surface area contributed by atoms with Crippen LogP contribution in [0.25, 0.3) is 0 Å². The Hall–Kier alpha value is -1.58. The van der Waals surface area contributed by atoms with Crippen molar-refractivity contribution in [2.75, 3.05) is 18.4 Å². The summed E-state index contributed by atoms with van der Waals surface area (Å²) in [6, 6.07) is 3.71. The topological polar surface area (TPSA) is 45.2 Å². The molecule has 2 aliphatic rings. The summed E-state index contributed by atoms with van der Waals surface area (Å²) >= 11 is 0. The Labute approximate surface area is 107 Å². The predicted octanol–water partition coefficient (Wildman–Crippen LogP) is 2.74. The number of likely N-dealkylation sites (tertiary alicyclic amines) is 1. The van der Waals surface area contributed by atoms with Crippen LogP contribution in [-0.4, -0.2) is 29.0 Å². The third-order valence-corrected chi connectivity index (χ3v) is 4.24. The smallest absolute Gasteiger partial charge is 0.321 e. The summed E-state index contributed by atoms with van der Waals surface area (Å²) in [7, 11) is 0. The number of aromatic nitrogens is 1. The minimum absolute atomic E-state index is 0.0184. The molecule has 0 radical (unpaired) electrons. The summed E-state index contributed by atoms with van der Waals surface area (Å²) in [5.74, 6) is 1.61. The van der Waals surface area contributed by atoms with Crippen molar-refractivity contribution in [1.29, 1.82) is 0 Å². The van der Waals surface area contributed by atoms with Gasteiger partial charge in [-0.05, 0) is 30.4 Å². The van der Waals surface area contributed by atoms with E-state index in [-0.39, 0.29) is 6.03 Å². The van der Waals surface area contributed by atoms with Gasteiger partial charge in [-0.25, -0.2) is 4.79 Å². The third-order valence-electron chi connectivity index (χ3n) is 4.24. The highest BCUT2D eigenvalue weighted by atomic mass is 16.2. The van der Waals surface area contributed by atoms with Gasteiger partial charge in [0, 0.05) is 19.3 Å². The lowest BCUT2D eigenvalue weighted by atomic mass is 9.75. The molecule has 1 aromatic heterocycles. The number of pyridine rings is 1. The fourth-order valence-corrected chi connectivity index (χ4v) is 2.91. The molecule has 0 aromatic carbocycles. The van der Waals surface area contributed by atoms with Gasteiger partial charge in [0.25, 0.3) is 0 Å². The van der Waals surface area contributed by atoms with Crippen molar-refractivity contribution < 1.29 is 4.79 Å². The molecule has 1 unspecified atom stereocenters. The number of hydrogen-bond acceptors (Lipinski definition) is 2. The third kappa shape index (κ3) is 2.33. The van der Waals surface area contributed by atoms with E-state index in [0.29, 0.717) is 0 Å². The van der Waals surface area contributed by atoms with Gasteiger partial charge in [-0.15, -0.1) is 0 Å². The Kier molecular flexibility index (Phi) is 3.17. The molecule has 96 valence electrons. The Morgan fingerprint density at radius 1 is 1.33 bits per heavy atom. The van der Waals surface area contributed by atoms with Gasteiger partial charge in [-0.2, -0.15) is 0 Å². The van der Waals surface area contributed by atoms with E-state index in [1.165, 1.54) is 25.7 Å². The van der Waals surface area contributed by atoms with Crippen LogP contribution in [0.15, 0.2) is 24.5 Å². The van der Waals surface area contributed by atoms with Crippen LogP contribution in [0, 0.1) is 11.8 Å². The number of nitrogens with one attached hydrogen (secondary N) is 1. The number of urea groups is 1. The summed E-state index contributed by atoms with van der Waals surface area (Å²) < 4.78 is 0. The summed E-state index contributed by atoms with van der Waals surface area (Å²) in [5.41, 5.74) is 0.773. The Balaban J connectivity index is 1.54. The van der Waals surface area contributed by atoms with E-state index < -0.39 is 0 Å². The maximum Gasteiger partial charge on any atom is 0.321 e. The standard InChI is InChI=1S/C14H19N3O/c18-14(16-13-5-2-7-15-9-13)17-8-6-12(10-17)11-3-1-4-11/h2,5,7,9,11-12H,1,3-4,6,8,10H2,(H,16,18). The number of amides is 2. The lowest BCUT2D eigenvalue weighted by molar-refractivity contribution is 0.196. The van der Waals surface area contributed by atoms with Crippen molar-refractivity contribution in [2.24, 2.45) is 11.8 Å². The van der Waals surface area contributed by atoms with Crippen LogP contribution in [0.4, 0.5) is 10.5 Å². The highest BCUT2D eigenvalue weighted by Crippen LogP contribution is 2.38. The van der Waals surface area contributed by atoms with Crippen LogP contribution in [-0.2, 0) is 0 Å². The van der Waals surface area contributed by atoms with Gasteiger partial charge in [-0.1, -0.05) is 19.3 Å². The minimum atomic E-state index is 0.0184. The monoisotopic (exact) mass is 245 g/mol. The summed E-state index contributed by atoms with van der Waals surface area (Å²) in [6.45, 7) is 1.82. The second-order valence-electron chi connectivity index (χ2n) is 5.36. The first kappa shape index (κ1) is 11.5. The van der Waals surface area contributed by atoms with Crippen molar-refractivity contribution in [3.8, 4) is 0 Å². The van der Waals surface area contributed by atoms with E-state index >= 15 is 0 Å². The zero-order valence-corrected chi connectivity index (χ0v) is 10.5. The average molecular weight is 245 g/mol. The normalized spacial score (nSPS) is 23.8. The summed E-state index contributed by atoms with van der Waals surface area (Å²) in [6.07, 6.45) is 8.66. The van der Waals surface area contributed by atoms with Crippen molar-refractivity contribution in [2.45, 2.75) is 25.7 Å². The molecule has 1 aromatic rings. The van der Waals surface area contributed by atoms with Crippen molar-refractivity contribution in [3.63, 3.8) is 0 Å². The van der Waals surface area contributed by atoms with Crippen LogP contribution < -0.4 is 5.32 Å². The van der Waals surface area contributed by atoms with Gasteiger partial charge in [-0.3, -0.25) is 4.98 Å². The zero-order valence-electron chi connectivity index (χ0n) is 10.5.